The number of rotatable bonds is 5. The first-order valence-electron chi connectivity index (χ1n) is 18.8. The van der Waals surface area contributed by atoms with Crippen LogP contribution in [0.15, 0.2) is 200 Å². The first kappa shape index (κ1) is 31.6. The van der Waals surface area contributed by atoms with Crippen molar-refractivity contribution in [2.45, 2.75) is 0 Å². The molecular weight excluding hydrogens is 683 g/mol. The van der Waals surface area contributed by atoms with Crippen molar-refractivity contribution in [1.29, 1.82) is 0 Å². The predicted molar refractivity (Wildman–Crippen MR) is 237 cm³/mol. The summed E-state index contributed by atoms with van der Waals surface area (Å²) in [4.78, 5) is 5.41. The first-order chi connectivity index (χ1) is 27.3. The Morgan fingerprint density at radius 3 is 1.29 bits per heavy atom. The van der Waals surface area contributed by atoms with Crippen molar-refractivity contribution >= 4 is 64.0 Å². The molecule has 0 saturated carbocycles. The minimum absolute atomic E-state index is 0.973. The van der Waals surface area contributed by atoms with E-state index in [-0.39, 0.29) is 0 Å². The van der Waals surface area contributed by atoms with E-state index in [9.17, 15) is 0 Å². The highest BCUT2D eigenvalue weighted by molar-refractivity contribution is 7.27. The summed E-state index contributed by atoms with van der Waals surface area (Å²) in [5, 5.41) is 8.66. The van der Waals surface area contributed by atoms with E-state index in [0.717, 1.165) is 16.8 Å². The smallest absolute Gasteiger partial charge is 0.0794 e. The van der Waals surface area contributed by atoms with E-state index < -0.39 is 0 Å². The molecule has 256 valence electrons. The summed E-state index contributed by atoms with van der Waals surface area (Å²) < 4.78 is 2.59. The second-order valence-electron chi connectivity index (χ2n) is 14.3. The second kappa shape index (κ2) is 12.9. The fourth-order valence-electron chi connectivity index (χ4n) is 8.39. The fraction of sp³-hybridized carbons (Fsp3) is 0. The SMILES string of the molecule is c1ccc(-c2cc(-c3ccccc3)c3sc4c(-c5cccc(-c6ccc7c8ccccc8c8ccccc8c7n6)c5)cc(-c5ccccc5)cc4c3c2)cc1. The summed E-state index contributed by atoms with van der Waals surface area (Å²) in [5.74, 6) is 0. The number of fused-ring (bicyclic) bond motifs is 9. The summed E-state index contributed by atoms with van der Waals surface area (Å²) in [5.41, 5.74) is 12.9. The van der Waals surface area contributed by atoms with Gasteiger partial charge in [0.25, 0.3) is 0 Å². The Morgan fingerprint density at radius 1 is 0.273 bits per heavy atom. The largest absolute Gasteiger partial charge is 0.247 e. The lowest BCUT2D eigenvalue weighted by molar-refractivity contribution is 1.41. The Labute approximate surface area is 323 Å². The second-order valence-corrected chi connectivity index (χ2v) is 15.3. The number of nitrogens with zero attached hydrogens (tertiary/aromatic N) is 1. The van der Waals surface area contributed by atoms with Crippen LogP contribution in [-0.2, 0) is 0 Å². The highest BCUT2D eigenvalue weighted by Crippen LogP contribution is 2.48. The molecule has 9 aromatic carbocycles. The van der Waals surface area contributed by atoms with Crippen molar-refractivity contribution < 1.29 is 0 Å². The minimum Gasteiger partial charge on any atom is -0.247 e. The number of thiophene rings is 1. The van der Waals surface area contributed by atoms with Gasteiger partial charge >= 0.3 is 0 Å². The maximum absolute atomic E-state index is 5.41. The zero-order chi connectivity index (χ0) is 36.3. The monoisotopic (exact) mass is 715 g/mol. The quantitative estimate of drug-likeness (QED) is 0.162. The summed E-state index contributed by atoms with van der Waals surface area (Å²) in [6, 6.07) is 72.7. The highest BCUT2D eigenvalue weighted by atomic mass is 32.1. The normalized spacial score (nSPS) is 11.6. The summed E-state index contributed by atoms with van der Waals surface area (Å²) in [6.07, 6.45) is 0. The van der Waals surface area contributed by atoms with Crippen LogP contribution in [0.1, 0.15) is 0 Å². The van der Waals surface area contributed by atoms with Gasteiger partial charge in [0.1, 0.15) is 0 Å². The van der Waals surface area contributed by atoms with E-state index >= 15 is 0 Å². The number of aromatic nitrogens is 1. The molecule has 0 aliphatic heterocycles. The first-order valence-corrected chi connectivity index (χ1v) is 19.6. The molecule has 11 rings (SSSR count). The van der Waals surface area contributed by atoms with Gasteiger partial charge in [0.2, 0.25) is 0 Å². The standard InChI is InChI=1S/C53H33NS/c1-4-15-34(16-5-1)39-30-46(36-19-8-3-9-20-36)52-48(32-39)49-33-40(35-17-6-2-7-18-35)31-47(53(49)55-52)37-21-14-22-38(29-37)50-28-27-45-43-25-11-10-23-41(43)42-24-12-13-26-44(42)51(45)54-50/h1-33H. The zero-order valence-corrected chi connectivity index (χ0v) is 30.7. The Kier molecular flexibility index (Phi) is 7.43. The van der Waals surface area contributed by atoms with Crippen LogP contribution in [0.2, 0.25) is 0 Å². The zero-order valence-electron chi connectivity index (χ0n) is 29.9. The van der Waals surface area contributed by atoms with Gasteiger partial charge in [-0.3, -0.25) is 0 Å². The van der Waals surface area contributed by atoms with Gasteiger partial charge in [-0.25, -0.2) is 4.98 Å². The molecule has 0 fully saturated rings. The van der Waals surface area contributed by atoms with Gasteiger partial charge in [-0.05, 0) is 92.0 Å². The van der Waals surface area contributed by atoms with Gasteiger partial charge in [0, 0.05) is 47.6 Å². The van der Waals surface area contributed by atoms with E-state index in [1.165, 1.54) is 91.6 Å². The molecule has 0 spiro atoms. The molecule has 11 aromatic rings. The lowest BCUT2D eigenvalue weighted by Gasteiger charge is -2.12. The van der Waals surface area contributed by atoms with Gasteiger partial charge < -0.3 is 0 Å². The lowest BCUT2D eigenvalue weighted by atomic mass is 9.92. The van der Waals surface area contributed by atoms with Crippen LogP contribution < -0.4 is 0 Å². The van der Waals surface area contributed by atoms with E-state index in [1.54, 1.807) is 0 Å². The molecule has 0 amide bonds. The molecule has 0 bridgehead atoms. The topological polar surface area (TPSA) is 12.9 Å². The number of hydrogen-bond acceptors (Lipinski definition) is 2. The Bertz CT molecular complexity index is 3200. The molecule has 1 nitrogen and oxygen atoms in total. The number of pyridine rings is 1. The average Bonchev–Trinajstić information content (AvgIpc) is 3.65. The maximum atomic E-state index is 5.41. The van der Waals surface area contributed by atoms with Crippen molar-refractivity contribution in [3.63, 3.8) is 0 Å². The van der Waals surface area contributed by atoms with Crippen LogP contribution in [0.4, 0.5) is 0 Å². The number of hydrogen-bond donors (Lipinski definition) is 0. The van der Waals surface area contributed by atoms with Gasteiger partial charge in [0.15, 0.2) is 0 Å². The van der Waals surface area contributed by atoms with Crippen molar-refractivity contribution in [1.82, 2.24) is 4.98 Å². The Hall–Kier alpha value is -6.87. The van der Waals surface area contributed by atoms with Crippen molar-refractivity contribution in [2.75, 3.05) is 0 Å². The molecule has 0 unspecified atom stereocenters. The molecule has 2 heterocycles. The van der Waals surface area contributed by atoms with Crippen molar-refractivity contribution in [2.24, 2.45) is 0 Å². The van der Waals surface area contributed by atoms with Crippen LogP contribution in [-0.4, -0.2) is 4.98 Å². The molecule has 0 radical (unpaired) electrons. The van der Waals surface area contributed by atoms with E-state index in [2.05, 4.69) is 200 Å². The van der Waals surface area contributed by atoms with Crippen LogP contribution in [0, 0.1) is 0 Å². The van der Waals surface area contributed by atoms with Gasteiger partial charge in [-0.1, -0.05) is 158 Å². The predicted octanol–water partition coefficient (Wildman–Crippen LogP) is 15.2. The summed E-state index contributed by atoms with van der Waals surface area (Å²) in [7, 11) is 0. The molecule has 0 saturated heterocycles. The molecule has 2 aromatic heterocycles. The van der Waals surface area contributed by atoms with E-state index in [0.29, 0.717) is 0 Å². The van der Waals surface area contributed by atoms with E-state index in [4.69, 9.17) is 4.98 Å². The Morgan fingerprint density at radius 2 is 0.709 bits per heavy atom. The van der Waals surface area contributed by atoms with Crippen LogP contribution >= 0.6 is 11.3 Å². The van der Waals surface area contributed by atoms with Crippen LogP contribution in [0.3, 0.4) is 0 Å². The molecule has 0 atom stereocenters. The third-order valence-electron chi connectivity index (χ3n) is 11.0. The maximum Gasteiger partial charge on any atom is 0.0794 e. The summed E-state index contributed by atoms with van der Waals surface area (Å²) >= 11 is 1.90. The third kappa shape index (κ3) is 5.34. The molecule has 2 heteroatoms. The molecule has 55 heavy (non-hydrogen) atoms. The van der Waals surface area contributed by atoms with Gasteiger partial charge in [-0.15, -0.1) is 11.3 Å². The lowest BCUT2D eigenvalue weighted by Crippen LogP contribution is -1.90. The number of benzene rings is 9. The fourth-order valence-corrected chi connectivity index (χ4v) is 9.72. The third-order valence-corrected chi connectivity index (χ3v) is 12.3. The molecule has 0 aliphatic rings. The van der Waals surface area contributed by atoms with Crippen molar-refractivity contribution in [3.05, 3.63) is 200 Å². The average molecular weight is 716 g/mol. The van der Waals surface area contributed by atoms with E-state index in [1.807, 2.05) is 11.3 Å². The van der Waals surface area contributed by atoms with Gasteiger partial charge in [-0.2, -0.15) is 0 Å². The highest BCUT2D eigenvalue weighted by Gasteiger charge is 2.19. The van der Waals surface area contributed by atoms with Crippen LogP contribution in [0.5, 0.6) is 0 Å². The minimum atomic E-state index is 0.973. The molecule has 0 aliphatic carbocycles. The van der Waals surface area contributed by atoms with Crippen molar-refractivity contribution in [3.8, 4) is 55.8 Å². The van der Waals surface area contributed by atoms with Crippen LogP contribution in [0.25, 0.3) is 108 Å². The van der Waals surface area contributed by atoms with Gasteiger partial charge in [0.05, 0.1) is 11.2 Å². The summed E-state index contributed by atoms with van der Waals surface area (Å²) in [6.45, 7) is 0. The molecular formula is C53H33NS. The Balaban J connectivity index is 1.16. The molecule has 0 N–H and O–H groups in total.